The minimum absolute atomic E-state index is 0.202. The molecule has 0 spiro atoms. The molecule has 136 valence electrons. The van der Waals surface area contributed by atoms with Crippen molar-refractivity contribution in [3.63, 3.8) is 0 Å². The maximum absolute atomic E-state index is 16.3. The molecule has 0 aromatic heterocycles. The van der Waals surface area contributed by atoms with Crippen LogP contribution in [0.1, 0.15) is 36.8 Å². The first-order valence-electron chi connectivity index (χ1n) is 9.33. The van der Waals surface area contributed by atoms with Crippen molar-refractivity contribution in [1.82, 2.24) is 4.90 Å². The molecule has 0 aliphatic carbocycles. The van der Waals surface area contributed by atoms with Crippen LogP contribution in [0.5, 0.6) is 0 Å². The fourth-order valence-corrected chi connectivity index (χ4v) is 4.48. The summed E-state index contributed by atoms with van der Waals surface area (Å²) in [6, 6.07) is 18.0. The summed E-state index contributed by atoms with van der Waals surface area (Å²) in [6.45, 7) is 0. The SMILES string of the molecule is CN1[C@H]2CC[C@@H]1[C@H](OC(=O)C(F)(c1ccccc1)c1ccccc1)CC2. The zero-order valence-corrected chi connectivity index (χ0v) is 15.0. The number of nitrogens with zero attached hydrogens (tertiary/aromatic N) is 1. The molecule has 2 heterocycles. The molecule has 3 nitrogen and oxygen atoms in total. The monoisotopic (exact) mass is 353 g/mol. The summed E-state index contributed by atoms with van der Waals surface area (Å²) in [6.07, 6.45) is 3.71. The maximum Gasteiger partial charge on any atom is 0.353 e. The zero-order valence-electron chi connectivity index (χ0n) is 15.0. The Bertz CT molecular complexity index is 725. The van der Waals surface area contributed by atoms with E-state index >= 15 is 4.39 Å². The molecule has 2 saturated heterocycles. The van der Waals surface area contributed by atoms with E-state index in [9.17, 15) is 4.79 Å². The molecule has 26 heavy (non-hydrogen) atoms. The Hall–Kier alpha value is -2.20. The lowest BCUT2D eigenvalue weighted by Gasteiger charge is -2.38. The van der Waals surface area contributed by atoms with Gasteiger partial charge in [-0.1, -0.05) is 60.7 Å². The number of halogens is 1. The van der Waals surface area contributed by atoms with Crippen molar-refractivity contribution in [2.45, 2.75) is 49.5 Å². The van der Waals surface area contributed by atoms with Crippen LogP contribution in [0.4, 0.5) is 4.39 Å². The van der Waals surface area contributed by atoms with Crippen LogP contribution in [0.25, 0.3) is 0 Å². The fraction of sp³-hybridized carbons (Fsp3) is 0.409. The van der Waals surface area contributed by atoms with Crippen LogP contribution < -0.4 is 0 Å². The van der Waals surface area contributed by atoms with Crippen LogP contribution in [0.3, 0.4) is 0 Å². The van der Waals surface area contributed by atoms with E-state index in [1.807, 2.05) is 12.1 Å². The molecular weight excluding hydrogens is 329 g/mol. The first kappa shape index (κ1) is 17.2. The van der Waals surface area contributed by atoms with Gasteiger partial charge in [0.2, 0.25) is 0 Å². The molecular formula is C22H24FNO2. The van der Waals surface area contributed by atoms with Crippen LogP contribution in [0.2, 0.25) is 0 Å². The van der Waals surface area contributed by atoms with Crippen LogP contribution >= 0.6 is 0 Å². The zero-order chi connectivity index (χ0) is 18.1. The van der Waals surface area contributed by atoms with E-state index in [1.54, 1.807) is 48.5 Å². The number of piperidine rings is 1. The molecule has 2 aliphatic rings. The number of fused-ring (bicyclic) bond motifs is 2. The molecule has 0 amide bonds. The van der Waals surface area contributed by atoms with Gasteiger partial charge in [0.15, 0.2) is 0 Å². The first-order chi connectivity index (χ1) is 12.6. The van der Waals surface area contributed by atoms with Crippen LogP contribution in [0.15, 0.2) is 60.7 Å². The summed E-state index contributed by atoms with van der Waals surface area (Å²) in [5, 5.41) is 0. The Labute approximate surface area is 153 Å². The molecule has 2 aromatic rings. The largest absolute Gasteiger partial charge is 0.458 e. The highest BCUT2D eigenvalue weighted by Gasteiger charge is 2.48. The van der Waals surface area contributed by atoms with E-state index in [1.165, 1.54) is 0 Å². The van der Waals surface area contributed by atoms with Crippen molar-refractivity contribution in [2.24, 2.45) is 0 Å². The second kappa shape index (κ2) is 6.84. The predicted molar refractivity (Wildman–Crippen MR) is 98.5 cm³/mol. The van der Waals surface area contributed by atoms with Gasteiger partial charge < -0.3 is 4.74 Å². The van der Waals surface area contributed by atoms with E-state index in [2.05, 4.69) is 11.9 Å². The van der Waals surface area contributed by atoms with Gasteiger partial charge in [-0.25, -0.2) is 9.18 Å². The topological polar surface area (TPSA) is 29.5 Å². The Kier molecular flexibility index (Phi) is 4.53. The summed E-state index contributed by atoms with van der Waals surface area (Å²) in [7, 11) is 2.08. The maximum atomic E-state index is 16.3. The van der Waals surface area contributed by atoms with Crippen molar-refractivity contribution >= 4 is 5.97 Å². The second-order valence-electron chi connectivity index (χ2n) is 7.38. The molecule has 4 rings (SSSR count). The number of hydrogen-bond donors (Lipinski definition) is 0. The number of carbonyl (C=O) groups is 1. The Morgan fingerprint density at radius 2 is 1.50 bits per heavy atom. The number of ether oxygens (including phenoxy) is 1. The standard InChI is InChI=1S/C22H24FNO2/c1-24-18-12-14-19(24)20(15-13-18)26-21(25)22(23,16-8-4-2-5-9-16)17-10-6-3-7-11-17/h2-11,18-20H,12-15H2,1H3/t18-,19+,20+/m0/s1. The molecule has 0 saturated carbocycles. The molecule has 3 atom stereocenters. The van der Waals surface area contributed by atoms with Gasteiger partial charge in [-0.2, -0.15) is 0 Å². The first-order valence-corrected chi connectivity index (χ1v) is 9.33. The Balaban J connectivity index is 1.65. The van der Waals surface area contributed by atoms with Gasteiger partial charge in [0.05, 0.1) is 0 Å². The fourth-order valence-electron chi connectivity index (χ4n) is 4.48. The Morgan fingerprint density at radius 3 is 2.08 bits per heavy atom. The number of hydrogen-bond acceptors (Lipinski definition) is 3. The van der Waals surface area contributed by atoms with Gasteiger partial charge in [0, 0.05) is 23.2 Å². The van der Waals surface area contributed by atoms with Crippen molar-refractivity contribution in [2.75, 3.05) is 7.05 Å². The van der Waals surface area contributed by atoms with Gasteiger partial charge >= 0.3 is 5.97 Å². The highest BCUT2D eigenvalue weighted by atomic mass is 19.1. The van der Waals surface area contributed by atoms with E-state index < -0.39 is 11.6 Å². The molecule has 2 aliphatic heterocycles. The number of rotatable bonds is 4. The number of esters is 1. The predicted octanol–water partition coefficient (Wildman–Crippen LogP) is 4.07. The summed E-state index contributed by atoms with van der Waals surface area (Å²) < 4.78 is 22.1. The molecule has 2 aromatic carbocycles. The lowest BCUT2D eigenvalue weighted by atomic mass is 9.88. The molecule has 0 unspecified atom stereocenters. The normalized spacial score (nSPS) is 25.8. The molecule has 0 N–H and O–H groups in total. The minimum atomic E-state index is -2.30. The molecule has 4 heteroatoms. The van der Waals surface area contributed by atoms with Gasteiger partial charge in [0.25, 0.3) is 5.67 Å². The van der Waals surface area contributed by atoms with Crippen LogP contribution in [-0.4, -0.2) is 36.1 Å². The van der Waals surface area contributed by atoms with Crippen molar-refractivity contribution in [1.29, 1.82) is 0 Å². The molecule has 2 fully saturated rings. The van der Waals surface area contributed by atoms with Gasteiger partial charge in [0.1, 0.15) is 6.10 Å². The van der Waals surface area contributed by atoms with Crippen molar-refractivity contribution in [3.05, 3.63) is 71.8 Å². The molecule has 2 bridgehead atoms. The highest BCUT2D eigenvalue weighted by molar-refractivity contribution is 5.85. The van der Waals surface area contributed by atoms with Gasteiger partial charge in [-0.05, 0) is 32.7 Å². The second-order valence-corrected chi connectivity index (χ2v) is 7.38. The number of likely N-dealkylation sites (N-methyl/N-ethyl adjacent to an activating group) is 1. The third-order valence-electron chi connectivity index (χ3n) is 5.99. The average Bonchev–Trinajstić information content (AvgIpc) is 2.92. The van der Waals surface area contributed by atoms with E-state index in [-0.39, 0.29) is 12.1 Å². The van der Waals surface area contributed by atoms with Crippen LogP contribution in [-0.2, 0) is 15.2 Å². The Morgan fingerprint density at radius 1 is 0.962 bits per heavy atom. The smallest absolute Gasteiger partial charge is 0.353 e. The third kappa shape index (κ3) is 2.82. The highest BCUT2D eigenvalue weighted by Crippen LogP contribution is 2.39. The third-order valence-corrected chi connectivity index (χ3v) is 5.99. The van der Waals surface area contributed by atoms with Gasteiger partial charge in [-0.15, -0.1) is 0 Å². The number of benzene rings is 2. The van der Waals surface area contributed by atoms with E-state index in [0.29, 0.717) is 17.2 Å². The van der Waals surface area contributed by atoms with Crippen LogP contribution in [0, 0.1) is 0 Å². The summed E-state index contributed by atoms with van der Waals surface area (Å²) >= 11 is 0. The van der Waals surface area contributed by atoms with Crippen molar-refractivity contribution < 1.29 is 13.9 Å². The lowest BCUT2D eigenvalue weighted by molar-refractivity contribution is -0.166. The quantitative estimate of drug-likeness (QED) is 0.776. The number of carbonyl (C=O) groups excluding carboxylic acids is 1. The number of alkyl halides is 1. The van der Waals surface area contributed by atoms with Gasteiger partial charge in [-0.3, -0.25) is 4.90 Å². The van der Waals surface area contributed by atoms with E-state index in [4.69, 9.17) is 4.74 Å². The molecule has 0 radical (unpaired) electrons. The minimum Gasteiger partial charge on any atom is -0.458 e. The van der Waals surface area contributed by atoms with E-state index in [0.717, 1.165) is 25.7 Å². The summed E-state index contributed by atoms with van der Waals surface area (Å²) in [5.41, 5.74) is -1.68. The summed E-state index contributed by atoms with van der Waals surface area (Å²) in [4.78, 5) is 15.4. The summed E-state index contributed by atoms with van der Waals surface area (Å²) in [5.74, 6) is -0.807. The average molecular weight is 353 g/mol. The van der Waals surface area contributed by atoms with Crippen molar-refractivity contribution in [3.8, 4) is 0 Å². The lowest BCUT2D eigenvalue weighted by Crippen LogP contribution is -2.48.